The maximum atomic E-state index is 4.12. The van der Waals surface area contributed by atoms with E-state index in [9.17, 15) is 0 Å². The summed E-state index contributed by atoms with van der Waals surface area (Å²) in [6, 6.07) is 0. The molecule has 0 radical (unpaired) electrons. The second-order valence-electron chi connectivity index (χ2n) is 5.01. The Balaban J connectivity index is 2.43. The van der Waals surface area contributed by atoms with Gasteiger partial charge in [-0.2, -0.15) is 0 Å². The molecule has 64 valence electrons. The van der Waals surface area contributed by atoms with Crippen molar-refractivity contribution >= 4 is 0 Å². The molecule has 0 saturated heterocycles. The minimum Gasteiger partial charge on any atom is -0.0996 e. The van der Waals surface area contributed by atoms with Crippen LogP contribution in [0.5, 0.6) is 0 Å². The number of hydrogen-bond acceptors (Lipinski definition) is 0. The topological polar surface area (TPSA) is 0 Å². The first-order valence-corrected chi connectivity index (χ1v) is 4.67. The molecule has 0 aromatic heterocycles. The van der Waals surface area contributed by atoms with E-state index < -0.39 is 0 Å². The summed E-state index contributed by atoms with van der Waals surface area (Å²) in [6.45, 7) is 11.1. The average Bonchev–Trinajstić information content (AvgIpc) is 2.12. The van der Waals surface area contributed by atoms with Crippen molar-refractivity contribution in [1.29, 1.82) is 0 Å². The summed E-state index contributed by atoms with van der Waals surface area (Å²) >= 11 is 0. The molecule has 1 aliphatic carbocycles. The summed E-state index contributed by atoms with van der Waals surface area (Å²) in [5.74, 6) is 0.829. The van der Waals surface area contributed by atoms with E-state index in [2.05, 4.69) is 27.4 Å². The van der Waals surface area contributed by atoms with E-state index >= 15 is 0 Å². The van der Waals surface area contributed by atoms with E-state index in [1.54, 1.807) is 0 Å². The van der Waals surface area contributed by atoms with Crippen LogP contribution in [-0.2, 0) is 0 Å². The predicted octanol–water partition coefficient (Wildman–Crippen LogP) is 3.78. The highest BCUT2D eigenvalue weighted by Crippen LogP contribution is 2.37. The molecule has 0 aliphatic heterocycles. The van der Waals surface area contributed by atoms with Gasteiger partial charge in [0, 0.05) is 0 Å². The molecule has 1 unspecified atom stereocenters. The van der Waals surface area contributed by atoms with Crippen molar-refractivity contribution < 1.29 is 0 Å². The molecule has 0 amide bonds. The van der Waals surface area contributed by atoms with Gasteiger partial charge in [-0.15, -0.1) is 0 Å². The normalized spacial score (nSPS) is 26.1. The molecule has 1 rings (SSSR count). The van der Waals surface area contributed by atoms with Crippen LogP contribution >= 0.6 is 0 Å². The van der Waals surface area contributed by atoms with Gasteiger partial charge >= 0.3 is 0 Å². The average molecular weight is 152 g/mol. The Labute approximate surface area is 70.7 Å². The largest absolute Gasteiger partial charge is 0.0996 e. The molecule has 0 N–H and O–H groups in total. The van der Waals surface area contributed by atoms with Gasteiger partial charge in [0.15, 0.2) is 0 Å². The molecule has 0 heteroatoms. The number of rotatable bonds is 1. The molecule has 0 heterocycles. The van der Waals surface area contributed by atoms with Crippen LogP contribution in [0.1, 0.15) is 46.5 Å². The van der Waals surface area contributed by atoms with Gasteiger partial charge in [-0.05, 0) is 37.0 Å². The summed E-state index contributed by atoms with van der Waals surface area (Å²) in [6.07, 6.45) is 5.36. The van der Waals surface area contributed by atoms with E-state index in [0.29, 0.717) is 5.41 Å². The Morgan fingerprint density at radius 2 is 2.09 bits per heavy atom. The van der Waals surface area contributed by atoms with Gasteiger partial charge in [0.2, 0.25) is 0 Å². The Morgan fingerprint density at radius 3 is 2.45 bits per heavy atom. The van der Waals surface area contributed by atoms with Crippen LogP contribution in [0.4, 0.5) is 0 Å². The highest BCUT2D eigenvalue weighted by atomic mass is 14.3. The Hall–Kier alpha value is -0.260. The Kier molecular flexibility index (Phi) is 2.41. The first kappa shape index (κ1) is 8.83. The van der Waals surface area contributed by atoms with Crippen molar-refractivity contribution in [2.24, 2.45) is 11.3 Å². The van der Waals surface area contributed by atoms with Crippen molar-refractivity contribution in [3.05, 3.63) is 12.2 Å². The molecular formula is C11H20. The van der Waals surface area contributed by atoms with Crippen LogP contribution in [0.2, 0.25) is 0 Å². The van der Waals surface area contributed by atoms with Crippen LogP contribution in [-0.4, -0.2) is 0 Å². The second-order valence-corrected chi connectivity index (χ2v) is 5.01. The fourth-order valence-electron chi connectivity index (χ4n) is 1.97. The smallest absolute Gasteiger partial charge is 0.0201 e. The fourth-order valence-corrected chi connectivity index (χ4v) is 1.97. The molecule has 0 nitrogen and oxygen atoms in total. The lowest BCUT2D eigenvalue weighted by atomic mass is 9.83. The van der Waals surface area contributed by atoms with Gasteiger partial charge in [-0.25, -0.2) is 0 Å². The van der Waals surface area contributed by atoms with E-state index in [4.69, 9.17) is 0 Å². The van der Waals surface area contributed by atoms with Gasteiger partial charge in [0.1, 0.15) is 0 Å². The molecule has 1 atom stereocenters. The molecule has 1 saturated carbocycles. The van der Waals surface area contributed by atoms with Crippen LogP contribution in [0.3, 0.4) is 0 Å². The van der Waals surface area contributed by atoms with E-state index in [1.165, 1.54) is 31.3 Å². The lowest BCUT2D eigenvalue weighted by Crippen LogP contribution is -2.11. The first-order valence-electron chi connectivity index (χ1n) is 4.67. The molecule has 0 spiro atoms. The van der Waals surface area contributed by atoms with Crippen molar-refractivity contribution in [1.82, 2.24) is 0 Å². The predicted molar refractivity (Wildman–Crippen MR) is 50.6 cm³/mol. The van der Waals surface area contributed by atoms with Gasteiger partial charge < -0.3 is 0 Å². The highest BCUT2D eigenvalue weighted by Gasteiger charge is 2.24. The quantitative estimate of drug-likeness (QED) is 0.502. The summed E-state index contributed by atoms with van der Waals surface area (Å²) in [5.41, 5.74) is 1.98. The highest BCUT2D eigenvalue weighted by molar-refractivity contribution is 5.06. The molecule has 1 aliphatic rings. The third-order valence-corrected chi connectivity index (χ3v) is 2.49. The fraction of sp³-hybridized carbons (Fsp3) is 0.818. The summed E-state index contributed by atoms with van der Waals surface area (Å²) in [5, 5.41) is 0. The lowest BCUT2D eigenvalue weighted by molar-refractivity contribution is 0.321. The van der Waals surface area contributed by atoms with Crippen molar-refractivity contribution in [3.63, 3.8) is 0 Å². The minimum absolute atomic E-state index is 0.484. The van der Waals surface area contributed by atoms with Crippen molar-refractivity contribution in [2.45, 2.75) is 46.5 Å². The molecular weight excluding hydrogens is 132 g/mol. The van der Waals surface area contributed by atoms with Gasteiger partial charge in [0.25, 0.3) is 0 Å². The lowest BCUT2D eigenvalue weighted by Gasteiger charge is -2.23. The Bertz CT molecular complexity index is 148. The zero-order valence-corrected chi connectivity index (χ0v) is 8.11. The van der Waals surface area contributed by atoms with Crippen LogP contribution < -0.4 is 0 Å². The number of allylic oxidation sites excluding steroid dienone is 1. The van der Waals surface area contributed by atoms with E-state index in [0.717, 1.165) is 5.92 Å². The molecule has 1 fully saturated rings. The monoisotopic (exact) mass is 152 g/mol. The van der Waals surface area contributed by atoms with E-state index in [-0.39, 0.29) is 0 Å². The maximum absolute atomic E-state index is 4.12. The second kappa shape index (κ2) is 3.00. The van der Waals surface area contributed by atoms with Crippen LogP contribution in [0.25, 0.3) is 0 Å². The van der Waals surface area contributed by atoms with Gasteiger partial charge in [0.05, 0.1) is 0 Å². The molecule has 0 aromatic carbocycles. The third-order valence-electron chi connectivity index (χ3n) is 2.49. The third kappa shape index (κ3) is 2.69. The van der Waals surface area contributed by atoms with Gasteiger partial charge in [-0.1, -0.05) is 32.9 Å². The van der Waals surface area contributed by atoms with Crippen molar-refractivity contribution in [2.75, 3.05) is 0 Å². The summed E-state index contributed by atoms with van der Waals surface area (Å²) in [7, 11) is 0. The summed E-state index contributed by atoms with van der Waals surface area (Å²) in [4.78, 5) is 0. The van der Waals surface area contributed by atoms with Crippen LogP contribution in [0, 0.1) is 11.3 Å². The molecule has 0 bridgehead atoms. The van der Waals surface area contributed by atoms with Crippen LogP contribution in [0.15, 0.2) is 12.2 Å². The van der Waals surface area contributed by atoms with Gasteiger partial charge in [-0.3, -0.25) is 0 Å². The zero-order valence-electron chi connectivity index (χ0n) is 8.11. The molecule has 11 heavy (non-hydrogen) atoms. The Morgan fingerprint density at radius 1 is 1.45 bits per heavy atom. The van der Waals surface area contributed by atoms with E-state index in [1.807, 2.05) is 0 Å². The minimum atomic E-state index is 0.484. The summed E-state index contributed by atoms with van der Waals surface area (Å²) < 4.78 is 0. The standard InChI is InChI=1S/C11H20/c1-9-6-5-7-10(9)8-11(2,3)4/h10H,1,5-8H2,2-4H3. The first-order chi connectivity index (χ1) is 4.99. The van der Waals surface area contributed by atoms with Crippen molar-refractivity contribution in [3.8, 4) is 0 Å². The zero-order chi connectivity index (χ0) is 8.48. The maximum Gasteiger partial charge on any atom is -0.0201 e. The SMILES string of the molecule is C=C1CCCC1CC(C)(C)C. The molecule has 0 aromatic rings. The number of hydrogen-bond donors (Lipinski definition) is 0.